The molecular formula is C39H59N15O7. The number of carboxylic acids is 1. The zero-order chi connectivity index (χ0) is 44.6. The molecule has 0 unspecified atom stereocenters. The van der Waals surface area contributed by atoms with Crippen molar-refractivity contribution in [1.82, 2.24) is 41.1 Å². The number of carbonyl (C=O) groups excluding carboxylic acids is 5. The predicted molar refractivity (Wildman–Crippen MR) is 227 cm³/mol. The van der Waals surface area contributed by atoms with Crippen molar-refractivity contribution in [3.8, 4) is 0 Å². The van der Waals surface area contributed by atoms with Gasteiger partial charge >= 0.3 is 5.97 Å². The van der Waals surface area contributed by atoms with Gasteiger partial charge in [-0.2, -0.15) is 0 Å². The van der Waals surface area contributed by atoms with E-state index in [9.17, 15) is 33.9 Å². The molecule has 22 heteroatoms. The summed E-state index contributed by atoms with van der Waals surface area (Å²) in [6.07, 6.45) is 6.24. The van der Waals surface area contributed by atoms with Crippen molar-refractivity contribution in [3.63, 3.8) is 0 Å². The van der Waals surface area contributed by atoms with Gasteiger partial charge in [-0.25, -0.2) is 9.78 Å². The topological polar surface area (TPSA) is 373 Å². The summed E-state index contributed by atoms with van der Waals surface area (Å²) in [4.78, 5) is 101. The van der Waals surface area contributed by atoms with E-state index in [1.807, 2.05) is 24.3 Å². The molecule has 22 nitrogen and oxygen atoms in total. The second-order valence-electron chi connectivity index (χ2n) is 15.3. The summed E-state index contributed by atoms with van der Waals surface area (Å²) < 4.78 is 0. The van der Waals surface area contributed by atoms with Crippen molar-refractivity contribution < 1.29 is 33.9 Å². The highest BCUT2D eigenvalue weighted by atomic mass is 16.4. The molecule has 0 saturated carbocycles. The number of carboxylic acid groups (broad SMARTS) is 1. The lowest BCUT2D eigenvalue weighted by Crippen LogP contribution is -2.61. The number of likely N-dealkylation sites (tertiary alicyclic amines) is 1. The molecule has 332 valence electrons. The van der Waals surface area contributed by atoms with E-state index in [0.29, 0.717) is 18.5 Å². The van der Waals surface area contributed by atoms with E-state index in [1.54, 1.807) is 20.0 Å². The van der Waals surface area contributed by atoms with Crippen molar-refractivity contribution in [2.75, 3.05) is 19.6 Å². The molecule has 3 aromatic rings. The van der Waals surface area contributed by atoms with Gasteiger partial charge in [0.25, 0.3) is 0 Å². The maximum Gasteiger partial charge on any atom is 0.326 e. The minimum atomic E-state index is -1.30. The summed E-state index contributed by atoms with van der Waals surface area (Å²) in [6, 6.07) is 0.520. The first-order valence-electron chi connectivity index (χ1n) is 20.2. The van der Waals surface area contributed by atoms with E-state index in [1.165, 1.54) is 17.4 Å². The van der Waals surface area contributed by atoms with Crippen molar-refractivity contribution in [3.05, 3.63) is 54.2 Å². The Kier molecular flexibility index (Phi) is 17.4. The number of aromatic nitrogens is 3. The van der Waals surface area contributed by atoms with Crippen LogP contribution in [0.1, 0.15) is 63.6 Å². The minimum Gasteiger partial charge on any atom is -0.480 e. The normalized spacial score (nSPS) is 16.1. The Balaban J connectivity index is 1.56. The molecule has 61 heavy (non-hydrogen) atoms. The maximum atomic E-state index is 14.2. The highest BCUT2D eigenvalue weighted by molar-refractivity contribution is 5.97. The van der Waals surface area contributed by atoms with Crippen molar-refractivity contribution >= 4 is 58.3 Å². The lowest BCUT2D eigenvalue weighted by Gasteiger charge is -2.30. The van der Waals surface area contributed by atoms with Crippen LogP contribution in [0.4, 0.5) is 0 Å². The average molecular weight is 850 g/mol. The first kappa shape index (κ1) is 47.0. The number of amides is 5. The van der Waals surface area contributed by atoms with Crippen LogP contribution in [0, 0.1) is 5.92 Å². The number of guanidine groups is 2. The van der Waals surface area contributed by atoms with Gasteiger partial charge in [0, 0.05) is 61.5 Å². The van der Waals surface area contributed by atoms with Gasteiger partial charge in [0.05, 0.1) is 12.4 Å². The summed E-state index contributed by atoms with van der Waals surface area (Å²) in [5.41, 5.74) is 29.9. The molecule has 3 heterocycles. The second-order valence-corrected chi connectivity index (χ2v) is 15.3. The van der Waals surface area contributed by atoms with Gasteiger partial charge in [-0.1, -0.05) is 32.0 Å². The van der Waals surface area contributed by atoms with E-state index < -0.39 is 77.7 Å². The number of carbonyl (C=O) groups is 6. The van der Waals surface area contributed by atoms with Crippen LogP contribution >= 0.6 is 0 Å². The predicted octanol–water partition coefficient (Wildman–Crippen LogP) is -2.22. The number of nitrogens with two attached hydrogens (primary N) is 5. The number of fused-ring (bicyclic) bond motifs is 1. The molecule has 1 saturated heterocycles. The number of aromatic amines is 2. The average Bonchev–Trinajstić information content (AvgIpc) is 4.01. The Hall–Kier alpha value is -6.71. The lowest BCUT2D eigenvalue weighted by atomic mass is 9.99. The van der Waals surface area contributed by atoms with Gasteiger partial charge in [0.2, 0.25) is 29.5 Å². The Bertz CT molecular complexity index is 2020. The molecule has 6 atom stereocenters. The van der Waals surface area contributed by atoms with E-state index in [4.69, 9.17) is 28.7 Å². The molecule has 0 radical (unpaired) electrons. The molecule has 0 aliphatic carbocycles. The summed E-state index contributed by atoms with van der Waals surface area (Å²) in [5.74, 6) is -5.27. The van der Waals surface area contributed by atoms with E-state index in [0.717, 1.165) is 16.5 Å². The number of imidazole rings is 1. The number of hydrogen-bond donors (Lipinski definition) is 12. The fourth-order valence-electron chi connectivity index (χ4n) is 7.06. The van der Waals surface area contributed by atoms with E-state index in [2.05, 4.69) is 46.2 Å². The monoisotopic (exact) mass is 849 g/mol. The molecule has 4 rings (SSSR count). The van der Waals surface area contributed by atoms with Gasteiger partial charge in [-0.15, -0.1) is 0 Å². The van der Waals surface area contributed by atoms with Crippen LogP contribution in [0.3, 0.4) is 0 Å². The summed E-state index contributed by atoms with van der Waals surface area (Å²) in [7, 11) is 0. The summed E-state index contributed by atoms with van der Waals surface area (Å²) >= 11 is 0. The van der Waals surface area contributed by atoms with Gasteiger partial charge in [0.15, 0.2) is 11.9 Å². The standard InChI is InChI=1S/C39H59N15O7/c1-21(2)31(53-34(57)28(16-22-18-48-26-10-4-3-8-24(22)26)51-32(55)25(40)9-5-13-46-38(41)42)35(58)52-29(17-23-19-45-20-49-23)33(56)50-27(11-6-14-47-39(43)44)36(59)54-15-7-12-30(54)37(60)61/h3-4,8,10,18-21,25,27-31,48H,5-7,9,11-17,40H2,1-2H3,(H,45,49)(H,50,56)(H,51,55)(H,52,58)(H,53,57)(H,60,61)(H4,41,42,46)(H4,43,44,47)/t25-,27-,28-,29-,30-,31-/m0/s1. The van der Waals surface area contributed by atoms with Crippen LogP contribution in [0.5, 0.6) is 0 Å². The maximum absolute atomic E-state index is 14.2. The molecule has 0 spiro atoms. The van der Waals surface area contributed by atoms with Gasteiger partial charge < -0.3 is 69.9 Å². The molecular weight excluding hydrogens is 791 g/mol. The number of hydrogen-bond acceptors (Lipinski definition) is 10. The fraction of sp³-hybridized carbons (Fsp3) is 0.513. The fourth-order valence-corrected chi connectivity index (χ4v) is 7.06. The second kappa shape index (κ2) is 22.6. The molecule has 2 aromatic heterocycles. The van der Waals surface area contributed by atoms with Crippen LogP contribution in [-0.2, 0) is 41.6 Å². The minimum absolute atomic E-state index is 0.0396. The first-order chi connectivity index (χ1) is 29.0. The van der Waals surface area contributed by atoms with Gasteiger partial charge in [-0.3, -0.25) is 34.0 Å². The van der Waals surface area contributed by atoms with Crippen LogP contribution in [0.25, 0.3) is 10.9 Å². The van der Waals surface area contributed by atoms with Crippen LogP contribution in [0.2, 0.25) is 0 Å². The number of nitrogens with one attached hydrogen (secondary N) is 6. The number of H-pyrrole nitrogens is 2. The highest BCUT2D eigenvalue weighted by Crippen LogP contribution is 2.21. The van der Waals surface area contributed by atoms with E-state index >= 15 is 0 Å². The van der Waals surface area contributed by atoms with Gasteiger partial charge in [0.1, 0.15) is 30.2 Å². The number of aliphatic carboxylic acids is 1. The molecule has 1 fully saturated rings. The first-order valence-corrected chi connectivity index (χ1v) is 20.2. The smallest absolute Gasteiger partial charge is 0.326 e. The Morgan fingerprint density at radius 1 is 0.836 bits per heavy atom. The zero-order valence-corrected chi connectivity index (χ0v) is 34.4. The number of nitrogens with zero attached hydrogens (tertiary/aromatic N) is 4. The lowest BCUT2D eigenvalue weighted by molar-refractivity contribution is -0.149. The van der Waals surface area contributed by atoms with E-state index in [-0.39, 0.29) is 70.1 Å². The third-order valence-electron chi connectivity index (χ3n) is 10.3. The largest absolute Gasteiger partial charge is 0.480 e. The molecule has 17 N–H and O–H groups in total. The Morgan fingerprint density at radius 2 is 1.46 bits per heavy atom. The van der Waals surface area contributed by atoms with Crippen LogP contribution in [-0.4, -0.2) is 128 Å². The van der Waals surface area contributed by atoms with Crippen molar-refractivity contribution in [2.24, 2.45) is 44.6 Å². The molecule has 1 aliphatic heterocycles. The highest BCUT2D eigenvalue weighted by Gasteiger charge is 2.39. The number of para-hydroxylation sites is 1. The Morgan fingerprint density at radius 3 is 2.10 bits per heavy atom. The summed E-state index contributed by atoms with van der Waals surface area (Å²) in [6.45, 7) is 3.99. The van der Waals surface area contributed by atoms with Crippen molar-refractivity contribution in [1.29, 1.82) is 0 Å². The van der Waals surface area contributed by atoms with Crippen molar-refractivity contribution in [2.45, 2.75) is 101 Å². The number of benzene rings is 1. The molecule has 0 bridgehead atoms. The zero-order valence-electron chi connectivity index (χ0n) is 34.4. The number of aliphatic imine (C=N–C) groups is 2. The van der Waals surface area contributed by atoms with Crippen LogP contribution in [0.15, 0.2) is 53.0 Å². The van der Waals surface area contributed by atoms with Gasteiger partial charge in [-0.05, 0) is 56.1 Å². The number of rotatable bonds is 23. The molecule has 1 aromatic carbocycles. The molecule has 5 amide bonds. The summed E-state index contributed by atoms with van der Waals surface area (Å²) in [5, 5.41) is 21.6. The quantitative estimate of drug-likeness (QED) is 0.0274. The third-order valence-corrected chi connectivity index (χ3v) is 10.3. The SMILES string of the molecule is CC(C)[C@H](NC(=O)[C@H](Cc1c[nH]c2ccccc12)NC(=O)[C@@H](N)CCCN=C(N)N)C(=O)N[C@@H](Cc1cnc[nH]1)C(=O)N[C@@H](CCCN=C(N)N)C(=O)N1CCC[C@H]1C(=O)O. The van der Waals surface area contributed by atoms with Crippen LogP contribution < -0.4 is 49.9 Å². The Labute approximate surface area is 352 Å². The molecule has 1 aliphatic rings. The third kappa shape index (κ3) is 13.9.